The number of thiophene rings is 1. The summed E-state index contributed by atoms with van der Waals surface area (Å²) in [5.74, 6) is 2.06. The van der Waals surface area contributed by atoms with E-state index in [1.165, 1.54) is 164 Å². The zero-order valence-electron chi connectivity index (χ0n) is 83.2. The van der Waals surface area contributed by atoms with Gasteiger partial charge in [0.15, 0.2) is 5.82 Å². The Morgan fingerprint density at radius 1 is 0.182 bits per heavy atom. The van der Waals surface area contributed by atoms with Crippen LogP contribution in [0.5, 0.6) is 0 Å². The van der Waals surface area contributed by atoms with Gasteiger partial charge in [0.05, 0.1) is 67.3 Å². The van der Waals surface area contributed by atoms with Gasteiger partial charge in [-0.2, -0.15) is 0 Å². The van der Waals surface area contributed by atoms with Crippen molar-refractivity contribution in [1.82, 2.24) is 43.6 Å². The molecule has 0 aliphatic heterocycles. The second kappa shape index (κ2) is 33.8. The average molecular weight is 1920 g/mol. The molecule has 0 saturated carbocycles. The topological polar surface area (TPSA) is 92.1 Å². The van der Waals surface area contributed by atoms with Crippen molar-refractivity contribution in [3.05, 3.63) is 499 Å². The lowest BCUT2D eigenvalue weighted by Crippen LogP contribution is -2.16. The van der Waals surface area contributed by atoms with Crippen LogP contribution in [0.25, 0.3) is 238 Å². The number of fused-ring (bicyclic) bond motifs is 25. The maximum absolute atomic E-state index is 5.41. The quantitative estimate of drug-likeness (QED) is 0.128. The molecule has 0 N–H and O–H groups in total. The van der Waals surface area contributed by atoms with Crippen LogP contribution in [0.1, 0.15) is 99.9 Å². The van der Waals surface area contributed by atoms with Crippen LogP contribution in [0.4, 0.5) is 0 Å². The van der Waals surface area contributed by atoms with Gasteiger partial charge in [0.1, 0.15) is 0 Å². The summed E-state index contributed by atoms with van der Waals surface area (Å²) in [6.45, 7) is 18.8. The average Bonchev–Trinajstić information content (AvgIpc) is 1.55. The first-order valence-electron chi connectivity index (χ1n) is 51.2. The minimum absolute atomic E-state index is 0.0773. The lowest BCUT2D eigenvalue weighted by molar-refractivity contribution is 0.660. The van der Waals surface area contributed by atoms with Crippen LogP contribution < -0.4 is 0 Å². The Balaban J connectivity index is 0.000000107. The number of aromatic nitrogens is 9. The molecular formula is C138H99N9S. The Hall–Kier alpha value is -18.0. The lowest BCUT2D eigenvalue weighted by atomic mass is 9.81. The summed E-state index contributed by atoms with van der Waals surface area (Å²) >= 11 is 1.84. The molecule has 0 unspecified atom stereocenters. The molecule has 4 aliphatic carbocycles. The van der Waals surface area contributed by atoms with Gasteiger partial charge in [0.2, 0.25) is 11.9 Å². The summed E-state index contributed by atoms with van der Waals surface area (Å²) in [4.78, 5) is 31.6. The highest BCUT2D eigenvalue weighted by atomic mass is 32.1. The van der Waals surface area contributed by atoms with E-state index in [0.29, 0.717) is 11.9 Å². The van der Waals surface area contributed by atoms with Crippen molar-refractivity contribution in [2.45, 2.75) is 77.0 Å². The van der Waals surface area contributed by atoms with Crippen LogP contribution in [0.3, 0.4) is 0 Å². The zero-order valence-corrected chi connectivity index (χ0v) is 84.1. The van der Waals surface area contributed by atoms with E-state index in [0.717, 1.165) is 107 Å². The molecule has 7 heterocycles. The molecule has 10 heteroatoms. The molecule has 0 saturated heterocycles. The summed E-state index contributed by atoms with van der Waals surface area (Å²) in [5, 5.41) is 9.95. The van der Waals surface area contributed by atoms with E-state index >= 15 is 0 Å². The SMILES string of the molecule is CC1(C)c2ccccc2-c2cc3c(cc21)c1ccccc1n3-c1nc(-c2ccccc2)cc(-c2ccc(-c3ccccc3)cc2)n1.CC1(C)c2ccccc2-c2ccc(-c3cc(-c4ccccc4)nc(-n4c5ccccc5c5cc6c(cc54)-c4ccccc4C6(C)C)n3)cc21.CC1(C)c2ccccc2-c2ccc3c4ccccc4n(-c4ccc(-c5cc(-c6ccc7sc8ccccc8c7c6)nc(-c6ccccc6)n5)cc4)c3c21. The molecule has 702 valence electrons. The van der Waals surface area contributed by atoms with Crippen LogP contribution in [0.2, 0.25) is 0 Å². The van der Waals surface area contributed by atoms with Crippen molar-refractivity contribution in [3.8, 4) is 152 Å². The molecule has 0 fully saturated rings. The van der Waals surface area contributed by atoms with E-state index in [1.54, 1.807) is 0 Å². The fourth-order valence-corrected chi connectivity index (χ4v) is 25.8. The highest BCUT2D eigenvalue weighted by Gasteiger charge is 2.42. The zero-order chi connectivity index (χ0) is 99.2. The third-order valence-electron chi connectivity index (χ3n) is 32.1. The van der Waals surface area contributed by atoms with E-state index in [4.69, 9.17) is 29.9 Å². The first-order chi connectivity index (χ1) is 72.4. The monoisotopic (exact) mass is 1910 g/mol. The fourth-order valence-electron chi connectivity index (χ4n) is 24.7. The van der Waals surface area contributed by atoms with E-state index in [9.17, 15) is 0 Å². The lowest BCUT2D eigenvalue weighted by Gasteiger charge is -2.23. The van der Waals surface area contributed by atoms with Gasteiger partial charge >= 0.3 is 0 Å². The van der Waals surface area contributed by atoms with E-state index in [1.807, 2.05) is 41.7 Å². The number of hydrogen-bond acceptors (Lipinski definition) is 7. The normalized spacial score (nSPS) is 13.8. The Labute approximate surface area is 862 Å². The van der Waals surface area contributed by atoms with Crippen molar-refractivity contribution in [1.29, 1.82) is 0 Å². The van der Waals surface area contributed by atoms with Gasteiger partial charge in [-0.25, -0.2) is 29.9 Å². The minimum Gasteiger partial charge on any atom is -0.309 e. The van der Waals surface area contributed by atoms with Crippen LogP contribution in [0.15, 0.2) is 455 Å². The smallest absolute Gasteiger partial charge is 0.235 e. The number of hydrogen-bond donors (Lipinski definition) is 0. The summed E-state index contributed by atoms with van der Waals surface area (Å²) in [5.41, 5.74) is 44.3. The number of benzene rings is 19. The van der Waals surface area contributed by atoms with Gasteiger partial charge < -0.3 is 4.57 Å². The van der Waals surface area contributed by atoms with Crippen LogP contribution in [-0.4, -0.2) is 43.6 Å². The molecule has 0 bridgehead atoms. The second-order valence-electron chi connectivity index (χ2n) is 42.0. The maximum Gasteiger partial charge on any atom is 0.235 e. The van der Waals surface area contributed by atoms with E-state index in [2.05, 4.69) is 494 Å². The summed E-state index contributed by atoms with van der Waals surface area (Å²) < 4.78 is 9.59. The van der Waals surface area contributed by atoms with Crippen LogP contribution in [-0.2, 0) is 21.7 Å². The van der Waals surface area contributed by atoms with Crippen LogP contribution in [0, 0.1) is 0 Å². The van der Waals surface area contributed by atoms with Crippen molar-refractivity contribution < 1.29 is 0 Å². The minimum atomic E-state index is -0.138. The van der Waals surface area contributed by atoms with Crippen LogP contribution >= 0.6 is 11.3 Å². The third-order valence-corrected chi connectivity index (χ3v) is 33.2. The Bertz CT molecular complexity index is 9950. The Morgan fingerprint density at radius 2 is 0.507 bits per heavy atom. The third kappa shape index (κ3) is 13.9. The van der Waals surface area contributed by atoms with Gasteiger partial charge in [-0.1, -0.05) is 413 Å². The predicted octanol–water partition coefficient (Wildman–Crippen LogP) is 35.7. The summed E-state index contributed by atoms with van der Waals surface area (Å²) in [7, 11) is 0. The van der Waals surface area contributed by atoms with Crippen molar-refractivity contribution >= 4 is 96.9 Å². The number of para-hydroxylation sites is 3. The summed E-state index contributed by atoms with van der Waals surface area (Å²) in [6.07, 6.45) is 0. The van der Waals surface area contributed by atoms with Gasteiger partial charge in [-0.05, 0) is 197 Å². The largest absolute Gasteiger partial charge is 0.309 e. The van der Waals surface area contributed by atoms with Gasteiger partial charge in [-0.15, -0.1) is 11.3 Å². The Morgan fingerprint density at radius 3 is 1.01 bits per heavy atom. The van der Waals surface area contributed by atoms with Gasteiger partial charge in [0, 0.05) is 119 Å². The van der Waals surface area contributed by atoms with E-state index in [-0.39, 0.29) is 21.7 Å². The highest BCUT2D eigenvalue weighted by molar-refractivity contribution is 7.25. The number of rotatable bonds is 11. The molecule has 4 aliphatic rings. The molecule has 0 atom stereocenters. The molecule has 30 rings (SSSR count). The fraction of sp³-hybridized carbons (Fsp3) is 0.0870. The molecule has 9 nitrogen and oxygen atoms in total. The highest BCUT2D eigenvalue weighted by Crippen LogP contribution is 2.58. The summed E-state index contributed by atoms with van der Waals surface area (Å²) in [6, 6.07) is 164. The Kier molecular flexibility index (Phi) is 20.1. The molecule has 148 heavy (non-hydrogen) atoms. The first kappa shape index (κ1) is 87.8. The van der Waals surface area contributed by atoms with E-state index < -0.39 is 0 Å². The molecule has 0 radical (unpaired) electrons. The molecule has 0 spiro atoms. The van der Waals surface area contributed by atoms with Crippen molar-refractivity contribution in [3.63, 3.8) is 0 Å². The molecule has 19 aromatic carbocycles. The molecule has 0 amide bonds. The van der Waals surface area contributed by atoms with Gasteiger partial charge in [-0.3, -0.25) is 9.13 Å². The van der Waals surface area contributed by atoms with Crippen molar-refractivity contribution in [2.24, 2.45) is 0 Å². The standard InChI is InChI=1S/C49H33N3S.C46H35N3.C43H31N3/c1-49(2)40-17-9-6-14-34(40)37-25-26-38-35-15-7-10-18-43(35)52(47(38)46(37)49)33-23-20-30(21-24-33)41-29-42(51-48(50-41)31-12-4-3-5-13-31)32-22-27-45-39(28-32)36-16-8-11-19-44(36)53-45;1-45(2)36-19-11-8-16-30(36)32-23-22-29(24-38(32)45)41-27-40(28-14-6-5-7-15-28)47-44(48-41)49-42-21-13-10-18-33(42)35-25-39-34(26-43(35)49)31-17-9-12-20-37(31)46(39,3)4;1-43(2)36-19-11-9-17-32(36)34-26-41-35(25-37(34)43)33-18-10-12-20-40(33)46(41)42-44-38(30-15-7-4-8-16-30)27-39(45-42)31-23-21-29(22-24-31)28-13-5-3-6-14-28/h3-29H,1-2H3;5-27H,1-4H3;3-27H,1-2H3. The van der Waals surface area contributed by atoms with Crippen molar-refractivity contribution in [2.75, 3.05) is 0 Å². The maximum atomic E-state index is 5.41. The molecule has 26 aromatic rings. The first-order valence-corrected chi connectivity index (χ1v) is 52.0. The predicted molar refractivity (Wildman–Crippen MR) is 616 cm³/mol. The van der Waals surface area contributed by atoms with Gasteiger partial charge in [0.25, 0.3) is 0 Å². The molecular weight excluding hydrogens is 1820 g/mol. The molecule has 7 aromatic heterocycles. The number of nitrogens with zero attached hydrogens (tertiary/aromatic N) is 9. The second-order valence-corrected chi connectivity index (χ2v) is 43.0.